The second-order valence-electron chi connectivity index (χ2n) is 5.50. The summed E-state index contributed by atoms with van der Waals surface area (Å²) < 4.78 is 32.2. The molecule has 3 aromatic rings. The topological polar surface area (TPSA) is 98.5 Å². The zero-order chi connectivity index (χ0) is 18.7. The van der Waals surface area contributed by atoms with E-state index in [1.165, 1.54) is 31.6 Å². The van der Waals surface area contributed by atoms with Gasteiger partial charge in [-0.2, -0.15) is 0 Å². The highest BCUT2D eigenvalue weighted by molar-refractivity contribution is 7.90. The number of aromatic carboxylic acids is 1. The van der Waals surface area contributed by atoms with Crippen molar-refractivity contribution in [1.82, 2.24) is 9.55 Å². The number of methoxy groups -OCH3 is 1. The van der Waals surface area contributed by atoms with Gasteiger partial charge in [0.2, 0.25) is 0 Å². The lowest BCUT2D eigenvalue weighted by molar-refractivity contribution is 0.0692. The number of hydrogen-bond donors (Lipinski definition) is 1. The Morgan fingerprint density at radius 2 is 1.92 bits per heavy atom. The molecule has 0 radical (unpaired) electrons. The van der Waals surface area contributed by atoms with Crippen molar-refractivity contribution in [2.45, 2.75) is 10.6 Å². The van der Waals surface area contributed by atoms with E-state index in [-0.39, 0.29) is 21.8 Å². The molecule has 0 aliphatic carbocycles. The Morgan fingerprint density at radius 3 is 2.50 bits per heavy atom. The maximum atomic E-state index is 12.6. The number of benzene rings is 2. The second kappa shape index (κ2) is 7.01. The molecular weight excluding hydrogens is 356 g/mol. The maximum Gasteiger partial charge on any atom is 0.339 e. The van der Waals surface area contributed by atoms with E-state index in [9.17, 15) is 18.3 Å². The Kier molecular flexibility index (Phi) is 4.77. The van der Waals surface area contributed by atoms with Gasteiger partial charge < -0.3 is 14.4 Å². The zero-order valence-electron chi connectivity index (χ0n) is 13.9. The van der Waals surface area contributed by atoms with Crippen molar-refractivity contribution in [2.24, 2.45) is 0 Å². The van der Waals surface area contributed by atoms with Gasteiger partial charge in [-0.15, -0.1) is 0 Å². The summed E-state index contributed by atoms with van der Waals surface area (Å²) in [6.45, 7) is 0. The highest BCUT2D eigenvalue weighted by atomic mass is 32.2. The summed E-state index contributed by atoms with van der Waals surface area (Å²) in [4.78, 5) is 15.9. The van der Waals surface area contributed by atoms with Crippen molar-refractivity contribution < 1.29 is 23.1 Å². The van der Waals surface area contributed by atoms with Gasteiger partial charge in [0.25, 0.3) is 0 Å². The third kappa shape index (κ3) is 3.31. The van der Waals surface area contributed by atoms with E-state index in [1.807, 2.05) is 0 Å². The predicted molar refractivity (Wildman–Crippen MR) is 94.4 cm³/mol. The summed E-state index contributed by atoms with van der Waals surface area (Å²) in [5, 5.41) is 9.67. The molecule has 26 heavy (non-hydrogen) atoms. The van der Waals surface area contributed by atoms with Crippen LogP contribution >= 0.6 is 0 Å². The molecule has 2 aromatic carbocycles. The van der Waals surface area contributed by atoms with Crippen LogP contribution in [0, 0.1) is 0 Å². The van der Waals surface area contributed by atoms with Gasteiger partial charge >= 0.3 is 5.97 Å². The number of hydrogen-bond acceptors (Lipinski definition) is 5. The standard InChI is InChI=1S/C18H16N2O5S/c1-25-17-15(20-10-9-19-12-20)8-7-13(16(17)18(21)22)11-26(23,24)14-5-3-2-4-6-14/h2-10,12H,11H2,1H3,(H,21,22). The zero-order valence-corrected chi connectivity index (χ0v) is 14.7. The molecule has 0 aliphatic rings. The molecule has 7 nitrogen and oxygen atoms in total. The van der Waals surface area contributed by atoms with E-state index < -0.39 is 21.6 Å². The molecule has 0 fully saturated rings. The Hall–Kier alpha value is -3.13. The number of sulfone groups is 1. The molecule has 1 aromatic heterocycles. The molecule has 0 spiro atoms. The average molecular weight is 372 g/mol. The number of carboxylic acid groups (broad SMARTS) is 1. The van der Waals surface area contributed by atoms with E-state index in [1.54, 1.807) is 41.2 Å². The summed E-state index contributed by atoms with van der Waals surface area (Å²) in [6.07, 6.45) is 4.70. The molecule has 1 N–H and O–H groups in total. The highest BCUT2D eigenvalue weighted by Gasteiger charge is 2.25. The van der Waals surface area contributed by atoms with Crippen LogP contribution in [0.15, 0.2) is 66.1 Å². The molecule has 3 rings (SSSR count). The van der Waals surface area contributed by atoms with Crippen LogP contribution in [0.25, 0.3) is 5.69 Å². The van der Waals surface area contributed by atoms with Crippen LogP contribution in [0.2, 0.25) is 0 Å². The van der Waals surface area contributed by atoms with Crippen molar-refractivity contribution in [3.63, 3.8) is 0 Å². The summed E-state index contributed by atoms with van der Waals surface area (Å²) in [7, 11) is -2.35. The van der Waals surface area contributed by atoms with Gasteiger partial charge in [0, 0.05) is 12.4 Å². The van der Waals surface area contributed by atoms with Crippen LogP contribution in [-0.4, -0.2) is 36.2 Å². The molecule has 0 amide bonds. The van der Waals surface area contributed by atoms with E-state index in [4.69, 9.17) is 4.74 Å². The van der Waals surface area contributed by atoms with Crippen LogP contribution in [0.5, 0.6) is 5.75 Å². The van der Waals surface area contributed by atoms with Crippen molar-refractivity contribution in [2.75, 3.05) is 7.11 Å². The van der Waals surface area contributed by atoms with Crippen LogP contribution in [0.4, 0.5) is 0 Å². The van der Waals surface area contributed by atoms with Crippen LogP contribution < -0.4 is 4.74 Å². The molecule has 134 valence electrons. The fourth-order valence-corrected chi connectivity index (χ4v) is 4.08. The number of carbonyl (C=O) groups is 1. The number of imidazole rings is 1. The lowest BCUT2D eigenvalue weighted by Crippen LogP contribution is -2.13. The molecule has 8 heteroatoms. The van der Waals surface area contributed by atoms with Crippen molar-refractivity contribution in [3.05, 3.63) is 72.3 Å². The number of ether oxygens (including phenoxy) is 1. The number of nitrogens with zero attached hydrogens (tertiary/aromatic N) is 2. The van der Waals surface area contributed by atoms with Crippen molar-refractivity contribution >= 4 is 15.8 Å². The maximum absolute atomic E-state index is 12.6. The first-order valence-corrected chi connectivity index (χ1v) is 9.28. The van der Waals surface area contributed by atoms with Crippen LogP contribution in [0.3, 0.4) is 0 Å². The van der Waals surface area contributed by atoms with Crippen LogP contribution in [0.1, 0.15) is 15.9 Å². The summed E-state index contributed by atoms with van der Waals surface area (Å²) >= 11 is 0. The van der Waals surface area contributed by atoms with Gasteiger partial charge in [-0.05, 0) is 23.8 Å². The number of aromatic nitrogens is 2. The van der Waals surface area contributed by atoms with E-state index in [0.29, 0.717) is 5.69 Å². The SMILES string of the molecule is COc1c(-n2ccnc2)ccc(CS(=O)(=O)c2ccccc2)c1C(=O)O. The Morgan fingerprint density at radius 1 is 1.19 bits per heavy atom. The first-order chi connectivity index (χ1) is 12.4. The monoisotopic (exact) mass is 372 g/mol. The summed E-state index contributed by atoms with van der Waals surface area (Å²) in [5.41, 5.74) is 0.434. The minimum absolute atomic E-state index is 0.0799. The summed E-state index contributed by atoms with van der Waals surface area (Å²) in [6, 6.07) is 11.0. The van der Waals surface area contributed by atoms with Crippen LogP contribution in [-0.2, 0) is 15.6 Å². The molecule has 0 bridgehead atoms. The van der Waals surface area contributed by atoms with E-state index in [0.717, 1.165) is 0 Å². The molecular formula is C18H16N2O5S. The average Bonchev–Trinajstić information content (AvgIpc) is 3.15. The van der Waals surface area contributed by atoms with Crippen molar-refractivity contribution in [3.8, 4) is 11.4 Å². The Labute approximate surface area is 150 Å². The molecule has 0 saturated heterocycles. The fraction of sp³-hybridized carbons (Fsp3) is 0.111. The number of rotatable bonds is 6. The smallest absolute Gasteiger partial charge is 0.339 e. The normalized spacial score (nSPS) is 11.3. The van der Waals surface area contributed by atoms with Gasteiger partial charge in [0.15, 0.2) is 15.6 Å². The predicted octanol–water partition coefficient (Wildman–Crippen LogP) is 2.55. The lowest BCUT2D eigenvalue weighted by atomic mass is 10.1. The van der Waals surface area contributed by atoms with Gasteiger partial charge in [-0.3, -0.25) is 0 Å². The molecule has 0 saturated carbocycles. The molecule has 0 aliphatic heterocycles. The second-order valence-corrected chi connectivity index (χ2v) is 7.49. The van der Waals surface area contributed by atoms with Gasteiger partial charge in [0.1, 0.15) is 5.56 Å². The number of carboxylic acids is 1. The Balaban J connectivity index is 2.12. The van der Waals surface area contributed by atoms with Gasteiger partial charge in [0.05, 0.1) is 29.8 Å². The minimum Gasteiger partial charge on any atom is -0.494 e. The molecule has 0 unspecified atom stereocenters. The fourth-order valence-electron chi connectivity index (χ4n) is 2.69. The lowest BCUT2D eigenvalue weighted by Gasteiger charge is -2.16. The van der Waals surface area contributed by atoms with E-state index in [2.05, 4.69) is 4.98 Å². The molecule has 0 atom stereocenters. The quantitative estimate of drug-likeness (QED) is 0.714. The Bertz CT molecular complexity index is 1030. The first-order valence-electron chi connectivity index (χ1n) is 7.63. The van der Waals surface area contributed by atoms with Crippen molar-refractivity contribution in [1.29, 1.82) is 0 Å². The largest absolute Gasteiger partial charge is 0.494 e. The first kappa shape index (κ1) is 17.7. The van der Waals surface area contributed by atoms with Gasteiger partial charge in [-0.25, -0.2) is 18.2 Å². The third-order valence-corrected chi connectivity index (χ3v) is 5.55. The minimum atomic E-state index is -3.70. The van der Waals surface area contributed by atoms with Gasteiger partial charge in [-0.1, -0.05) is 24.3 Å². The molecule has 1 heterocycles. The summed E-state index contributed by atoms with van der Waals surface area (Å²) in [5.74, 6) is -1.63. The third-order valence-electron chi connectivity index (χ3n) is 3.87. The van der Waals surface area contributed by atoms with E-state index >= 15 is 0 Å². The highest BCUT2D eigenvalue weighted by Crippen LogP contribution is 2.32.